The van der Waals surface area contributed by atoms with Crippen molar-refractivity contribution in [1.29, 1.82) is 0 Å². The first-order valence-electron chi connectivity index (χ1n) is 13.9. The van der Waals surface area contributed by atoms with Gasteiger partial charge in [0.1, 0.15) is 18.2 Å². The number of methoxy groups -OCH3 is 1. The summed E-state index contributed by atoms with van der Waals surface area (Å²) in [6.07, 6.45) is 1.05. The van der Waals surface area contributed by atoms with Crippen LogP contribution in [0.5, 0.6) is 5.75 Å². The maximum Gasteiger partial charge on any atom is 0.423 e. The van der Waals surface area contributed by atoms with Crippen LogP contribution in [0.2, 0.25) is 5.02 Å². The molecule has 0 bridgehead atoms. The lowest BCUT2D eigenvalue weighted by atomic mass is 9.51. The molecule has 10 nitrogen and oxygen atoms in total. The fourth-order valence-electron chi connectivity index (χ4n) is 7.46. The van der Waals surface area contributed by atoms with Gasteiger partial charge < -0.3 is 14.6 Å². The molecule has 43 heavy (non-hydrogen) atoms. The Morgan fingerprint density at radius 2 is 1.79 bits per heavy atom. The molecule has 2 saturated heterocycles. The van der Waals surface area contributed by atoms with E-state index in [0.717, 1.165) is 23.6 Å². The van der Waals surface area contributed by atoms with Gasteiger partial charge in [-0.1, -0.05) is 35.4 Å². The molecule has 2 aliphatic heterocycles. The quantitative estimate of drug-likeness (QED) is 0.399. The van der Waals surface area contributed by atoms with Gasteiger partial charge in [-0.25, -0.2) is 14.1 Å². The van der Waals surface area contributed by atoms with Crippen LogP contribution in [0.4, 0.5) is 14.9 Å². The number of anilines is 1. The highest BCUT2D eigenvalue weighted by Crippen LogP contribution is 2.63. The molecule has 0 aromatic heterocycles. The van der Waals surface area contributed by atoms with Crippen molar-refractivity contribution in [2.24, 2.45) is 29.1 Å². The SMILES string of the molecule is COC(=O)N1C(=O)C2CC=C3C(CC4C(=O)N(c5ccc(F)c(Cl)c5)C(=O)C4(C)C3c3ccc(OCCO)cc3)C2C1=O. The third kappa shape index (κ3) is 4.20. The van der Waals surface area contributed by atoms with Gasteiger partial charge in [-0.3, -0.25) is 19.2 Å². The number of nitrogens with zero attached hydrogens (tertiary/aromatic N) is 2. The van der Waals surface area contributed by atoms with Crippen molar-refractivity contribution in [2.45, 2.75) is 25.7 Å². The molecule has 2 aliphatic carbocycles. The van der Waals surface area contributed by atoms with Gasteiger partial charge in [0, 0.05) is 5.92 Å². The van der Waals surface area contributed by atoms with Gasteiger partial charge in [-0.15, -0.1) is 0 Å². The number of fused-ring (bicyclic) bond motifs is 4. The molecule has 224 valence electrons. The zero-order chi connectivity index (χ0) is 30.8. The summed E-state index contributed by atoms with van der Waals surface area (Å²) in [5, 5.41) is 8.88. The van der Waals surface area contributed by atoms with Gasteiger partial charge >= 0.3 is 6.09 Å². The van der Waals surface area contributed by atoms with Crippen LogP contribution >= 0.6 is 11.6 Å². The lowest BCUT2D eigenvalue weighted by Gasteiger charge is -2.49. The third-order valence-electron chi connectivity index (χ3n) is 9.37. The van der Waals surface area contributed by atoms with E-state index in [-0.39, 0.29) is 36.8 Å². The molecule has 0 radical (unpaired) electrons. The van der Waals surface area contributed by atoms with Crippen molar-refractivity contribution in [3.05, 3.63) is 70.5 Å². The van der Waals surface area contributed by atoms with Gasteiger partial charge in [-0.05, 0) is 61.6 Å². The summed E-state index contributed by atoms with van der Waals surface area (Å²) in [5.41, 5.74) is 0.230. The monoisotopic (exact) mass is 610 g/mol. The van der Waals surface area contributed by atoms with Gasteiger partial charge in [-0.2, -0.15) is 4.90 Å². The van der Waals surface area contributed by atoms with E-state index in [0.29, 0.717) is 16.2 Å². The second-order valence-electron chi connectivity index (χ2n) is 11.4. The summed E-state index contributed by atoms with van der Waals surface area (Å²) < 4.78 is 24.2. The number of imide groups is 4. The molecule has 6 rings (SSSR count). The Morgan fingerprint density at radius 1 is 1.07 bits per heavy atom. The highest BCUT2D eigenvalue weighted by Gasteiger charge is 2.68. The molecule has 6 unspecified atom stereocenters. The Morgan fingerprint density at radius 3 is 2.44 bits per heavy atom. The molecule has 2 aromatic carbocycles. The van der Waals surface area contributed by atoms with E-state index in [1.807, 2.05) is 6.08 Å². The highest BCUT2D eigenvalue weighted by molar-refractivity contribution is 6.31. The molecule has 12 heteroatoms. The number of amides is 5. The predicted octanol–water partition coefficient (Wildman–Crippen LogP) is 3.85. The van der Waals surface area contributed by atoms with Crippen LogP contribution in [0.25, 0.3) is 0 Å². The normalized spacial score (nSPS) is 29.7. The summed E-state index contributed by atoms with van der Waals surface area (Å²) in [7, 11) is 1.09. The summed E-state index contributed by atoms with van der Waals surface area (Å²) in [6, 6.07) is 10.6. The number of halogens is 2. The van der Waals surface area contributed by atoms with Gasteiger partial charge in [0.05, 0.1) is 47.6 Å². The minimum Gasteiger partial charge on any atom is -0.491 e. The molecular formula is C31H28ClFN2O8. The molecular weight excluding hydrogens is 583 g/mol. The van der Waals surface area contributed by atoms with Crippen LogP contribution in [0.3, 0.4) is 0 Å². The lowest BCUT2D eigenvalue weighted by molar-refractivity contribution is -0.138. The van der Waals surface area contributed by atoms with E-state index in [2.05, 4.69) is 0 Å². The Hall–Kier alpha value is -4.09. The van der Waals surface area contributed by atoms with Crippen LogP contribution < -0.4 is 9.64 Å². The zero-order valence-electron chi connectivity index (χ0n) is 23.3. The average Bonchev–Trinajstić information content (AvgIpc) is 3.37. The number of benzene rings is 2. The average molecular weight is 611 g/mol. The molecule has 1 saturated carbocycles. The van der Waals surface area contributed by atoms with E-state index in [4.69, 9.17) is 26.2 Å². The first kappa shape index (κ1) is 29.0. The van der Waals surface area contributed by atoms with E-state index in [9.17, 15) is 28.4 Å². The van der Waals surface area contributed by atoms with Crippen molar-refractivity contribution >= 4 is 47.0 Å². The molecule has 6 atom stereocenters. The Labute approximate surface area is 251 Å². The molecule has 5 amide bonds. The number of allylic oxidation sites excluding steroid dienone is 2. The van der Waals surface area contributed by atoms with Crippen molar-refractivity contribution in [2.75, 3.05) is 25.2 Å². The second kappa shape index (κ2) is 10.6. The number of hydrogen-bond donors (Lipinski definition) is 1. The standard InChI is InChI=1S/C31H28ClFN2O8/c1-31-21(27(38)34(29(31)40)16-5-10-23(33)22(32)13-16)14-20-18(25(31)15-3-6-17(7-4-15)43-12-11-36)8-9-19-24(20)28(39)35(26(19)37)30(41)42-2/h3-8,10,13,19-21,24-25,36H,9,11-12,14H2,1-2H3. The molecule has 1 N–H and O–H groups in total. The first-order valence-corrected chi connectivity index (χ1v) is 14.2. The number of ether oxygens (including phenoxy) is 2. The fourth-order valence-corrected chi connectivity index (χ4v) is 7.63. The second-order valence-corrected chi connectivity index (χ2v) is 11.8. The Kier molecular flexibility index (Phi) is 7.13. The molecule has 0 spiro atoms. The minimum absolute atomic E-state index is 0.0850. The van der Waals surface area contributed by atoms with Gasteiger partial charge in [0.25, 0.3) is 0 Å². The van der Waals surface area contributed by atoms with Crippen LogP contribution in [-0.2, 0) is 23.9 Å². The van der Waals surface area contributed by atoms with Crippen molar-refractivity contribution < 1.29 is 42.9 Å². The Bertz CT molecular complexity index is 1590. The fraction of sp³-hybridized carbons (Fsp3) is 0.387. The number of rotatable bonds is 5. The van der Waals surface area contributed by atoms with Crippen molar-refractivity contribution in [3.8, 4) is 5.75 Å². The predicted molar refractivity (Wildman–Crippen MR) is 149 cm³/mol. The van der Waals surface area contributed by atoms with Gasteiger partial charge in [0.2, 0.25) is 23.6 Å². The molecule has 3 fully saturated rings. The number of carbonyl (C=O) groups is 5. The number of carbonyl (C=O) groups excluding carboxylic acids is 5. The summed E-state index contributed by atoms with van der Waals surface area (Å²) in [4.78, 5) is 69.2. The largest absolute Gasteiger partial charge is 0.491 e. The van der Waals surface area contributed by atoms with Crippen LogP contribution in [0.15, 0.2) is 54.1 Å². The third-order valence-corrected chi connectivity index (χ3v) is 9.66. The van der Waals surface area contributed by atoms with Crippen LogP contribution in [0.1, 0.15) is 31.2 Å². The lowest BCUT2D eigenvalue weighted by Crippen LogP contribution is -2.49. The topological polar surface area (TPSA) is 131 Å². The van der Waals surface area contributed by atoms with Crippen LogP contribution in [0, 0.1) is 34.9 Å². The number of hydrogen-bond acceptors (Lipinski definition) is 8. The summed E-state index contributed by atoms with van der Waals surface area (Å²) >= 11 is 6.02. The van der Waals surface area contributed by atoms with Crippen molar-refractivity contribution in [1.82, 2.24) is 4.90 Å². The molecule has 4 aliphatic rings. The van der Waals surface area contributed by atoms with Crippen molar-refractivity contribution in [3.63, 3.8) is 0 Å². The van der Waals surface area contributed by atoms with Gasteiger partial charge in [0.15, 0.2) is 0 Å². The highest BCUT2D eigenvalue weighted by atomic mass is 35.5. The van der Waals surface area contributed by atoms with E-state index >= 15 is 0 Å². The summed E-state index contributed by atoms with van der Waals surface area (Å²) in [6.45, 7) is 1.64. The zero-order valence-corrected chi connectivity index (χ0v) is 24.0. The summed E-state index contributed by atoms with van der Waals surface area (Å²) in [5.74, 6) is -6.49. The van der Waals surface area contributed by atoms with Crippen LogP contribution in [-0.4, -0.2) is 60.1 Å². The first-order chi connectivity index (χ1) is 20.5. The molecule has 2 heterocycles. The van der Waals surface area contributed by atoms with E-state index in [1.165, 1.54) is 12.1 Å². The Balaban J connectivity index is 1.48. The smallest absolute Gasteiger partial charge is 0.423 e. The van der Waals surface area contributed by atoms with E-state index in [1.54, 1.807) is 31.2 Å². The molecule has 2 aromatic rings. The number of aliphatic hydroxyl groups is 1. The maximum atomic E-state index is 14.4. The number of aliphatic hydroxyl groups excluding tert-OH is 1. The number of likely N-dealkylation sites (tertiary alicyclic amines) is 1. The minimum atomic E-state index is -1.31. The van der Waals surface area contributed by atoms with E-state index < -0.39 is 70.5 Å². The maximum absolute atomic E-state index is 14.4.